The number of ether oxygens (including phenoxy) is 1. The molecule has 0 spiro atoms. The number of hydrogen-bond acceptors (Lipinski definition) is 2. The van der Waals surface area contributed by atoms with Crippen molar-refractivity contribution in [2.24, 2.45) is 0 Å². The van der Waals surface area contributed by atoms with E-state index >= 15 is 0 Å². The lowest BCUT2D eigenvalue weighted by Crippen LogP contribution is -2.47. The van der Waals surface area contributed by atoms with Crippen LogP contribution in [0.1, 0.15) is 23.2 Å². The van der Waals surface area contributed by atoms with Crippen molar-refractivity contribution < 1.29 is 22.7 Å². The molecule has 1 aliphatic rings. The lowest BCUT2D eigenvalue weighted by Gasteiger charge is -2.34. The van der Waals surface area contributed by atoms with Crippen molar-refractivity contribution >= 4 is 16.8 Å². The Balaban J connectivity index is 1.88. The van der Waals surface area contributed by atoms with Crippen LogP contribution < -0.4 is 0 Å². The zero-order valence-electron chi connectivity index (χ0n) is 12.4. The molecule has 2 aromatic rings. The number of carbonyl (C=O) groups excluding carboxylic acids is 1. The van der Waals surface area contributed by atoms with Crippen LogP contribution in [0.4, 0.5) is 13.2 Å². The summed E-state index contributed by atoms with van der Waals surface area (Å²) in [6.07, 6.45) is -1.85. The standard InChI is InChI=1S/C16H17F3N2O2/c17-16(18,19)10-21(13-4-7-23-8-5-13)15(22)12-1-2-14-11(9-12)3-6-20-14/h1-3,6,9,13,20H,4-5,7-8,10H2. The third-order valence-electron chi connectivity index (χ3n) is 4.04. The zero-order valence-corrected chi connectivity index (χ0v) is 12.4. The average molecular weight is 326 g/mol. The normalized spacial score (nSPS) is 16.7. The van der Waals surface area contributed by atoms with Gasteiger partial charge in [0.05, 0.1) is 0 Å². The number of nitrogens with zero attached hydrogens (tertiary/aromatic N) is 1. The van der Waals surface area contributed by atoms with Crippen LogP contribution in [0.25, 0.3) is 10.9 Å². The molecule has 1 amide bonds. The Bertz CT molecular complexity index is 690. The van der Waals surface area contributed by atoms with Crippen LogP contribution in [0.5, 0.6) is 0 Å². The summed E-state index contributed by atoms with van der Waals surface area (Å²) in [5, 5.41) is 0.801. The van der Waals surface area contributed by atoms with Gasteiger partial charge in [-0.05, 0) is 37.1 Å². The first-order valence-corrected chi connectivity index (χ1v) is 7.47. The van der Waals surface area contributed by atoms with Crippen molar-refractivity contribution in [3.05, 3.63) is 36.0 Å². The molecule has 7 heteroatoms. The molecule has 0 radical (unpaired) electrons. The molecular formula is C16H17F3N2O2. The molecule has 1 aliphatic heterocycles. The number of fused-ring (bicyclic) bond motifs is 1. The third-order valence-corrected chi connectivity index (χ3v) is 4.04. The summed E-state index contributed by atoms with van der Waals surface area (Å²) >= 11 is 0. The maximum atomic E-state index is 12.9. The summed E-state index contributed by atoms with van der Waals surface area (Å²) in [5.41, 5.74) is 1.11. The molecule has 0 aliphatic carbocycles. The smallest absolute Gasteiger partial charge is 0.381 e. The van der Waals surface area contributed by atoms with Crippen molar-refractivity contribution in [3.8, 4) is 0 Å². The molecule has 1 saturated heterocycles. The lowest BCUT2D eigenvalue weighted by atomic mass is 10.0. The molecule has 0 saturated carbocycles. The number of aromatic amines is 1. The number of hydrogen-bond donors (Lipinski definition) is 1. The number of H-pyrrole nitrogens is 1. The molecule has 23 heavy (non-hydrogen) atoms. The van der Waals surface area contributed by atoms with E-state index in [-0.39, 0.29) is 5.56 Å². The second kappa shape index (κ2) is 6.23. The van der Waals surface area contributed by atoms with E-state index in [2.05, 4.69) is 4.98 Å². The highest BCUT2D eigenvalue weighted by atomic mass is 19.4. The van der Waals surface area contributed by atoms with E-state index in [4.69, 9.17) is 4.74 Å². The van der Waals surface area contributed by atoms with Gasteiger partial charge in [-0.1, -0.05) is 0 Å². The summed E-state index contributed by atoms with van der Waals surface area (Å²) in [6.45, 7) is -0.478. The lowest BCUT2D eigenvalue weighted by molar-refractivity contribution is -0.147. The van der Waals surface area contributed by atoms with Crippen LogP contribution in [-0.4, -0.2) is 47.8 Å². The van der Waals surface area contributed by atoms with Gasteiger partial charge in [-0.3, -0.25) is 4.79 Å². The first kappa shape index (κ1) is 15.9. The van der Waals surface area contributed by atoms with Crippen molar-refractivity contribution in [2.75, 3.05) is 19.8 Å². The summed E-state index contributed by atoms with van der Waals surface area (Å²) in [4.78, 5) is 16.6. The van der Waals surface area contributed by atoms with Crippen molar-refractivity contribution in [3.63, 3.8) is 0 Å². The first-order valence-electron chi connectivity index (χ1n) is 7.47. The number of amides is 1. The maximum absolute atomic E-state index is 12.9. The summed E-state index contributed by atoms with van der Waals surface area (Å²) in [5.74, 6) is -0.586. The molecule has 4 nitrogen and oxygen atoms in total. The Morgan fingerprint density at radius 3 is 2.70 bits per heavy atom. The number of carbonyl (C=O) groups is 1. The highest BCUT2D eigenvalue weighted by molar-refractivity contribution is 5.98. The average Bonchev–Trinajstić information content (AvgIpc) is 2.99. The van der Waals surface area contributed by atoms with Gasteiger partial charge in [0, 0.05) is 41.9 Å². The third kappa shape index (κ3) is 3.67. The minimum absolute atomic E-state index is 0.271. The fourth-order valence-corrected chi connectivity index (χ4v) is 2.91. The summed E-state index contributed by atoms with van der Waals surface area (Å²) < 4.78 is 43.9. The van der Waals surface area contributed by atoms with Crippen LogP contribution in [0, 0.1) is 0 Å². The van der Waals surface area contributed by atoms with E-state index in [9.17, 15) is 18.0 Å². The molecule has 1 aromatic heterocycles. The molecule has 124 valence electrons. The highest BCUT2D eigenvalue weighted by Gasteiger charge is 2.37. The molecule has 1 N–H and O–H groups in total. The number of aromatic nitrogens is 1. The van der Waals surface area contributed by atoms with Gasteiger partial charge < -0.3 is 14.6 Å². The van der Waals surface area contributed by atoms with Gasteiger partial charge in [-0.15, -0.1) is 0 Å². The van der Waals surface area contributed by atoms with Gasteiger partial charge in [0.2, 0.25) is 0 Å². The topological polar surface area (TPSA) is 45.3 Å². The highest BCUT2D eigenvalue weighted by Crippen LogP contribution is 2.25. The second-order valence-electron chi connectivity index (χ2n) is 5.67. The molecule has 3 rings (SSSR count). The predicted octanol–water partition coefficient (Wildman–Crippen LogP) is 3.35. The SMILES string of the molecule is O=C(c1ccc2[nH]ccc2c1)N(CC(F)(F)F)C1CCOCC1. The molecule has 0 unspecified atom stereocenters. The van der Waals surface area contributed by atoms with E-state index < -0.39 is 24.7 Å². The zero-order chi connectivity index (χ0) is 16.4. The summed E-state index contributed by atoms with van der Waals surface area (Å²) in [6, 6.07) is 6.23. The maximum Gasteiger partial charge on any atom is 0.406 e. The Labute approximate surface area is 131 Å². The second-order valence-corrected chi connectivity index (χ2v) is 5.67. The Hall–Kier alpha value is -2.02. The monoisotopic (exact) mass is 326 g/mol. The van der Waals surface area contributed by atoms with Crippen LogP contribution in [0.3, 0.4) is 0 Å². The minimum Gasteiger partial charge on any atom is -0.381 e. The van der Waals surface area contributed by atoms with Crippen molar-refractivity contribution in [2.45, 2.75) is 25.1 Å². The Morgan fingerprint density at radius 1 is 1.26 bits per heavy atom. The number of alkyl halides is 3. The van der Waals surface area contributed by atoms with Crippen LogP contribution >= 0.6 is 0 Å². The largest absolute Gasteiger partial charge is 0.406 e. The van der Waals surface area contributed by atoms with Gasteiger partial charge in [-0.25, -0.2) is 0 Å². The van der Waals surface area contributed by atoms with Gasteiger partial charge in [0.1, 0.15) is 6.54 Å². The van der Waals surface area contributed by atoms with Crippen LogP contribution in [-0.2, 0) is 4.74 Å². The number of rotatable bonds is 3. The van der Waals surface area contributed by atoms with Crippen LogP contribution in [0.2, 0.25) is 0 Å². The fourth-order valence-electron chi connectivity index (χ4n) is 2.91. The van der Waals surface area contributed by atoms with E-state index in [1.165, 1.54) is 0 Å². The fraction of sp³-hybridized carbons (Fsp3) is 0.438. The Morgan fingerprint density at radius 2 is 2.00 bits per heavy atom. The van der Waals surface area contributed by atoms with Gasteiger partial charge in [-0.2, -0.15) is 13.2 Å². The van der Waals surface area contributed by atoms with Gasteiger partial charge in [0.25, 0.3) is 5.91 Å². The van der Waals surface area contributed by atoms with Crippen molar-refractivity contribution in [1.82, 2.24) is 9.88 Å². The first-order chi connectivity index (χ1) is 10.9. The molecule has 0 bridgehead atoms. The molecule has 0 atom stereocenters. The van der Waals surface area contributed by atoms with Crippen molar-refractivity contribution in [1.29, 1.82) is 0 Å². The predicted molar refractivity (Wildman–Crippen MR) is 79.2 cm³/mol. The minimum atomic E-state index is -4.42. The van der Waals surface area contributed by atoms with E-state index in [0.717, 1.165) is 15.8 Å². The molecular weight excluding hydrogens is 309 g/mol. The number of nitrogens with one attached hydrogen (secondary N) is 1. The van der Waals surface area contributed by atoms with E-state index in [1.54, 1.807) is 30.5 Å². The quantitative estimate of drug-likeness (QED) is 0.940. The molecule has 1 fully saturated rings. The van der Waals surface area contributed by atoms with Gasteiger partial charge in [0.15, 0.2) is 0 Å². The Kier molecular flexibility index (Phi) is 4.30. The van der Waals surface area contributed by atoms with E-state index in [1.807, 2.05) is 0 Å². The number of halogens is 3. The van der Waals surface area contributed by atoms with E-state index in [0.29, 0.717) is 26.1 Å². The molecule has 1 aromatic carbocycles. The molecule has 2 heterocycles. The van der Waals surface area contributed by atoms with Gasteiger partial charge >= 0.3 is 6.18 Å². The summed E-state index contributed by atoms with van der Waals surface area (Å²) in [7, 11) is 0. The number of benzene rings is 1. The van der Waals surface area contributed by atoms with Crippen LogP contribution in [0.15, 0.2) is 30.5 Å².